The molecule has 1 amide bonds. The van der Waals surface area contributed by atoms with Crippen molar-refractivity contribution in [1.29, 1.82) is 0 Å². The van der Waals surface area contributed by atoms with Crippen LogP contribution in [0.4, 0.5) is 5.69 Å². The van der Waals surface area contributed by atoms with Gasteiger partial charge in [0, 0.05) is 37.1 Å². The molecule has 0 aliphatic heterocycles. The number of nitrogen functional groups attached to an aromatic ring is 1. The summed E-state index contributed by atoms with van der Waals surface area (Å²) in [5.41, 5.74) is 7.23. The average Bonchev–Trinajstić information content (AvgIpc) is 2.91. The van der Waals surface area contributed by atoms with E-state index in [0.717, 1.165) is 11.4 Å². The smallest absolute Gasteiger partial charge is 0.244 e. The fourth-order valence-electron chi connectivity index (χ4n) is 1.58. The van der Waals surface area contributed by atoms with E-state index in [4.69, 9.17) is 5.73 Å². The number of nitrogens with two attached hydrogens (primary N) is 1. The van der Waals surface area contributed by atoms with Crippen molar-refractivity contribution in [3.05, 3.63) is 54.1 Å². The molecule has 1 aromatic carbocycles. The highest BCUT2D eigenvalue weighted by molar-refractivity contribution is 5.91. The Hall–Kier alpha value is -2.56. The van der Waals surface area contributed by atoms with Crippen molar-refractivity contribution in [1.82, 2.24) is 15.3 Å². The van der Waals surface area contributed by atoms with Gasteiger partial charge in [0.25, 0.3) is 0 Å². The summed E-state index contributed by atoms with van der Waals surface area (Å²) in [6.45, 7) is 0.554. The van der Waals surface area contributed by atoms with Gasteiger partial charge in [-0.3, -0.25) is 4.79 Å². The fourth-order valence-corrected chi connectivity index (χ4v) is 1.58. The average molecular weight is 256 g/mol. The van der Waals surface area contributed by atoms with Gasteiger partial charge in [-0.2, -0.15) is 0 Å². The third-order valence-electron chi connectivity index (χ3n) is 2.58. The third kappa shape index (κ3) is 4.31. The van der Waals surface area contributed by atoms with Crippen LogP contribution in [0.2, 0.25) is 0 Å². The number of nitrogens with one attached hydrogen (secondary N) is 2. The Morgan fingerprint density at radius 1 is 1.37 bits per heavy atom. The van der Waals surface area contributed by atoms with Crippen molar-refractivity contribution < 1.29 is 4.79 Å². The zero-order valence-corrected chi connectivity index (χ0v) is 10.5. The largest absolute Gasteiger partial charge is 0.399 e. The van der Waals surface area contributed by atoms with Crippen LogP contribution in [0.5, 0.6) is 0 Å². The number of amides is 1. The Kier molecular flexibility index (Phi) is 4.34. The van der Waals surface area contributed by atoms with E-state index in [1.54, 1.807) is 30.6 Å². The second-order valence-electron chi connectivity index (χ2n) is 4.08. The minimum atomic E-state index is -0.122. The van der Waals surface area contributed by atoms with E-state index in [-0.39, 0.29) is 5.91 Å². The summed E-state index contributed by atoms with van der Waals surface area (Å²) in [4.78, 5) is 18.6. The van der Waals surface area contributed by atoms with Crippen molar-refractivity contribution >= 4 is 17.7 Å². The summed E-state index contributed by atoms with van der Waals surface area (Å²) < 4.78 is 0. The molecule has 0 unspecified atom stereocenters. The predicted octanol–water partition coefficient (Wildman–Crippen LogP) is 1.36. The molecule has 4 N–H and O–H groups in total. The van der Waals surface area contributed by atoms with Crippen molar-refractivity contribution in [2.45, 2.75) is 6.42 Å². The van der Waals surface area contributed by atoms with Crippen LogP contribution in [-0.4, -0.2) is 22.4 Å². The van der Waals surface area contributed by atoms with E-state index < -0.39 is 0 Å². The molecule has 2 aromatic rings. The molecule has 0 aliphatic carbocycles. The van der Waals surface area contributed by atoms with Crippen molar-refractivity contribution in [3.8, 4) is 0 Å². The number of hydrogen-bond acceptors (Lipinski definition) is 3. The number of benzene rings is 1. The Morgan fingerprint density at radius 3 is 2.84 bits per heavy atom. The van der Waals surface area contributed by atoms with Crippen LogP contribution in [0.1, 0.15) is 11.4 Å². The van der Waals surface area contributed by atoms with E-state index in [2.05, 4.69) is 15.3 Å². The Labute approximate surface area is 111 Å². The van der Waals surface area contributed by atoms with Crippen LogP contribution in [0.3, 0.4) is 0 Å². The number of H-pyrrole nitrogens is 1. The van der Waals surface area contributed by atoms with Crippen LogP contribution in [0.25, 0.3) is 6.08 Å². The van der Waals surface area contributed by atoms with Crippen LogP contribution in [0, 0.1) is 0 Å². The number of nitrogens with zero attached hydrogens (tertiary/aromatic N) is 1. The molecule has 1 heterocycles. The normalized spacial score (nSPS) is 10.7. The quantitative estimate of drug-likeness (QED) is 0.558. The Bertz CT molecular complexity index is 543. The van der Waals surface area contributed by atoms with Gasteiger partial charge in [-0.05, 0) is 23.8 Å². The molecule has 5 heteroatoms. The van der Waals surface area contributed by atoms with Gasteiger partial charge >= 0.3 is 0 Å². The van der Waals surface area contributed by atoms with Gasteiger partial charge in [-0.15, -0.1) is 0 Å². The minimum absolute atomic E-state index is 0.122. The molecule has 0 fully saturated rings. The van der Waals surface area contributed by atoms with E-state index in [1.165, 1.54) is 6.08 Å². The third-order valence-corrected chi connectivity index (χ3v) is 2.58. The van der Waals surface area contributed by atoms with Gasteiger partial charge < -0.3 is 16.0 Å². The van der Waals surface area contributed by atoms with Crippen molar-refractivity contribution in [3.63, 3.8) is 0 Å². The van der Waals surface area contributed by atoms with E-state index in [0.29, 0.717) is 18.7 Å². The van der Waals surface area contributed by atoms with Crippen molar-refractivity contribution in [2.75, 3.05) is 12.3 Å². The van der Waals surface area contributed by atoms with Gasteiger partial charge in [-0.25, -0.2) is 4.98 Å². The summed E-state index contributed by atoms with van der Waals surface area (Å²) in [5, 5.41) is 2.79. The highest BCUT2D eigenvalue weighted by Crippen LogP contribution is 2.06. The fraction of sp³-hybridized carbons (Fsp3) is 0.143. The molecule has 0 atom stereocenters. The molecule has 0 saturated carbocycles. The minimum Gasteiger partial charge on any atom is -0.399 e. The van der Waals surface area contributed by atoms with E-state index in [9.17, 15) is 4.79 Å². The second kappa shape index (κ2) is 6.39. The molecule has 0 saturated heterocycles. The van der Waals surface area contributed by atoms with Gasteiger partial charge in [0.05, 0.1) is 0 Å². The lowest BCUT2D eigenvalue weighted by atomic mass is 10.2. The standard InChI is InChI=1S/C14H16N4O/c15-12-4-1-11(2-5-12)3-6-14(19)18-8-7-13-16-9-10-17-13/h1-6,9-10H,7-8,15H2,(H,16,17)(H,18,19)/b6-3+. The van der Waals surface area contributed by atoms with Crippen molar-refractivity contribution in [2.24, 2.45) is 0 Å². The first kappa shape index (κ1) is 12.9. The zero-order chi connectivity index (χ0) is 13.5. The first-order valence-corrected chi connectivity index (χ1v) is 6.04. The van der Waals surface area contributed by atoms with E-state index >= 15 is 0 Å². The number of hydrogen-bond donors (Lipinski definition) is 3. The van der Waals surface area contributed by atoms with Crippen LogP contribution in [-0.2, 0) is 11.2 Å². The molecule has 1 aromatic heterocycles. The molecule has 0 aliphatic rings. The summed E-state index contributed by atoms with van der Waals surface area (Å²) in [6.07, 6.45) is 7.40. The molecule has 0 radical (unpaired) electrons. The summed E-state index contributed by atoms with van der Waals surface area (Å²) in [5.74, 6) is 0.742. The first-order chi connectivity index (χ1) is 9.24. The number of imidazole rings is 1. The second-order valence-corrected chi connectivity index (χ2v) is 4.08. The van der Waals surface area contributed by atoms with Gasteiger partial charge in [0.15, 0.2) is 0 Å². The lowest BCUT2D eigenvalue weighted by Gasteiger charge is -2.00. The number of anilines is 1. The topological polar surface area (TPSA) is 83.8 Å². The van der Waals surface area contributed by atoms with E-state index in [1.807, 2.05) is 12.1 Å². The number of aromatic amines is 1. The molecular formula is C14H16N4O. The number of carbonyl (C=O) groups excluding carboxylic acids is 1. The predicted molar refractivity (Wildman–Crippen MR) is 75.2 cm³/mol. The van der Waals surface area contributed by atoms with Gasteiger partial charge in [0.2, 0.25) is 5.91 Å². The highest BCUT2D eigenvalue weighted by atomic mass is 16.1. The van der Waals surface area contributed by atoms with Crippen LogP contribution < -0.4 is 11.1 Å². The Morgan fingerprint density at radius 2 is 2.16 bits per heavy atom. The highest BCUT2D eigenvalue weighted by Gasteiger charge is 1.97. The summed E-state index contributed by atoms with van der Waals surface area (Å²) in [6, 6.07) is 7.33. The summed E-state index contributed by atoms with van der Waals surface area (Å²) >= 11 is 0. The van der Waals surface area contributed by atoms with Gasteiger partial charge in [0.1, 0.15) is 5.82 Å². The first-order valence-electron chi connectivity index (χ1n) is 6.04. The molecule has 0 spiro atoms. The molecule has 2 rings (SSSR count). The summed E-state index contributed by atoms with van der Waals surface area (Å²) in [7, 11) is 0. The Balaban J connectivity index is 1.76. The van der Waals surface area contributed by atoms with Crippen LogP contribution >= 0.6 is 0 Å². The molecular weight excluding hydrogens is 240 g/mol. The number of carbonyl (C=O) groups is 1. The number of rotatable bonds is 5. The monoisotopic (exact) mass is 256 g/mol. The van der Waals surface area contributed by atoms with Crippen LogP contribution in [0.15, 0.2) is 42.7 Å². The maximum atomic E-state index is 11.6. The van der Waals surface area contributed by atoms with Gasteiger partial charge in [-0.1, -0.05) is 12.1 Å². The SMILES string of the molecule is Nc1ccc(/C=C/C(=O)NCCc2ncc[nH]2)cc1. The zero-order valence-electron chi connectivity index (χ0n) is 10.5. The molecule has 19 heavy (non-hydrogen) atoms. The maximum Gasteiger partial charge on any atom is 0.244 e. The molecule has 5 nitrogen and oxygen atoms in total. The molecule has 0 bridgehead atoms. The maximum absolute atomic E-state index is 11.6. The lowest BCUT2D eigenvalue weighted by molar-refractivity contribution is -0.116. The number of aromatic nitrogens is 2. The molecule has 98 valence electrons. The lowest BCUT2D eigenvalue weighted by Crippen LogP contribution is -2.23.